The summed E-state index contributed by atoms with van der Waals surface area (Å²) in [6, 6.07) is 18.0. The van der Waals surface area contributed by atoms with Crippen molar-refractivity contribution in [2.75, 3.05) is 32.9 Å². The Kier molecular flexibility index (Phi) is 9.30. The number of aliphatic hydroxyl groups is 1. The molecule has 7 heteroatoms. The van der Waals surface area contributed by atoms with Gasteiger partial charge in [-0.2, -0.15) is 5.10 Å². The van der Waals surface area contributed by atoms with E-state index < -0.39 is 6.10 Å². The highest BCUT2D eigenvalue weighted by Gasteiger charge is 2.26. The Bertz CT molecular complexity index is 1090. The molecule has 0 unspecified atom stereocenters. The van der Waals surface area contributed by atoms with E-state index in [2.05, 4.69) is 18.4 Å². The third kappa shape index (κ3) is 7.04. The molecule has 2 atom stereocenters. The maximum atomic E-state index is 10.7. The van der Waals surface area contributed by atoms with E-state index in [9.17, 15) is 5.11 Å². The first-order valence-corrected chi connectivity index (χ1v) is 12.6. The van der Waals surface area contributed by atoms with Crippen LogP contribution in [0, 0.1) is 13.8 Å². The van der Waals surface area contributed by atoms with Crippen LogP contribution in [-0.4, -0.2) is 64.9 Å². The molecular weight excluding hydrogens is 454 g/mol. The number of para-hydroxylation sites is 1. The van der Waals surface area contributed by atoms with Crippen LogP contribution in [0.1, 0.15) is 29.7 Å². The van der Waals surface area contributed by atoms with E-state index in [0.29, 0.717) is 25.6 Å². The lowest BCUT2D eigenvalue weighted by atomic mass is 10.1. The molecule has 7 nitrogen and oxygen atoms in total. The van der Waals surface area contributed by atoms with Crippen LogP contribution in [0.5, 0.6) is 11.6 Å². The third-order valence-electron chi connectivity index (χ3n) is 6.26. The molecule has 1 fully saturated rings. The number of aliphatic hydroxyl groups excluding tert-OH is 1. The Morgan fingerprint density at radius 3 is 2.67 bits per heavy atom. The van der Waals surface area contributed by atoms with Gasteiger partial charge >= 0.3 is 0 Å². The Labute approximate surface area is 213 Å². The van der Waals surface area contributed by atoms with Crippen molar-refractivity contribution in [2.45, 2.75) is 45.4 Å². The van der Waals surface area contributed by atoms with Crippen molar-refractivity contribution in [1.29, 1.82) is 0 Å². The van der Waals surface area contributed by atoms with Crippen LogP contribution >= 0.6 is 0 Å². The van der Waals surface area contributed by atoms with Gasteiger partial charge in [-0.25, -0.2) is 4.68 Å². The van der Waals surface area contributed by atoms with E-state index >= 15 is 0 Å². The van der Waals surface area contributed by atoms with Crippen molar-refractivity contribution in [3.63, 3.8) is 0 Å². The molecule has 1 aliphatic rings. The van der Waals surface area contributed by atoms with E-state index in [-0.39, 0.29) is 12.7 Å². The second-order valence-corrected chi connectivity index (χ2v) is 9.34. The summed E-state index contributed by atoms with van der Waals surface area (Å²) in [5, 5.41) is 15.5. The highest BCUT2D eigenvalue weighted by Crippen LogP contribution is 2.32. The summed E-state index contributed by atoms with van der Waals surface area (Å²) in [6.45, 7) is 10.9. The van der Waals surface area contributed by atoms with E-state index in [1.165, 1.54) is 5.56 Å². The van der Waals surface area contributed by atoms with Crippen LogP contribution in [-0.2, 0) is 16.0 Å². The summed E-state index contributed by atoms with van der Waals surface area (Å²) in [7, 11) is 0. The molecule has 0 saturated carbocycles. The van der Waals surface area contributed by atoms with Crippen molar-refractivity contribution in [3.05, 3.63) is 84.1 Å². The maximum Gasteiger partial charge on any atom is 0.227 e. The van der Waals surface area contributed by atoms with Gasteiger partial charge in [0.05, 0.1) is 42.4 Å². The van der Waals surface area contributed by atoms with Crippen LogP contribution in [0.15, 0.2) is 67.3 Å². The number of aryl methyl sites for hydroxylation is 2. The second-order valence-electron chi connectivity index (χ2n) is 9.34. The molecule has 1 saturated heterocycles. The predicted octanol–water partition coefficient (Wildman–Crippen LogP) is 4.83. The number of hydrogen-bond donors (Lipinski definition) is 1. The summed E-state index contributed by atoms with van der Waals surface area (Å²) in [5.74, 6) is 1.43. The Hall–Kier alpha value is -2.97. The lowest BCUT2D eigenvalue weighted by Crippen LogP contribution is -2.39. The van der Waals surface area contributed by atoms with E-state index in [4.69, 9.17) is 19.3 Å². The molecule has 3 aromatic rings. The van der Waals surface area contributed by atoms with Gasteiger partial charge in [0.2, 0.25) is 5.88 Å². The van der Waals surface area contributed by atoms with E-state index in [1.54, 1.807) is 6.08 Å². The molecule has 0 amide bonds. The number of hydrogen-bond acceptors (Lipinski definition) is 6. The lowest BCUT2D eigenvalue weighted by molar-refractivity contribution is 0.00836. The monoisotopic (exact) mass is 491 g/mol. The third-order valence-corrected chi connectivity index (χ3v) is 6.26. The fraction of sp³-hybridized carbons (Fsp3) is 0.414. The van der Waals surface area contributed by atoms with Crippen LogP contribution in [0.2, 0.25) is 0 Å². The first-order valence-electron chi connectivity index (χ1n) is 12.6. The zero-order valence-electron chi connectivity index (χ0n) is 21.3. The largest absolute Gasteiger partial charge is 0.439 e. The molecule has 2 heterocycles. The molecule has 192 valence electrons. The van der Waals surface area contributed by atoms with Crippen molar-refractivity contribution in [2.24, 2.45) is 0 Å². The van der Waals surface area contributed by atoms with Gasteiger partial charge in [0, 0.05) is 26.2 Å². The summed E-state index contributed by atoms with van der Waals surface area (Å²) in [4.78, 5) is 2.22. The highest BCUT2D eigenvalue weighted by atomic mass is 16.5. The molecule has 0 aliphatic carbocycles. The zero-order chi connectivity index (χ0) is 25.3. The Morgan fingerprint density at radius 1 is 1.19 bits per heavy atom. The SMILES string of the molecule is C=CCOC[C@@H](O)CN(Cc1c(C)nn(-c2ccccc2)c1Oc1ccc(C)cc1)C[C@@H]1CCCO1. The van der Waals surface area contributed by atoms with Gasteiger partial charge in [-0.05, 0) is 51.0 Å². The van der Waals surface area contributed by atoms with Gasteiger partial charge in [-0.1, -0.05) is 42.0 Å². The minimum absolute atomic E-state index is 0.150. The van der Waals surface area contributed by atoms with Gasteiger partial charge in [0.25, 0.3) is 0 Å². The molecule has 1 aliphatic heterocycles. The molecular formula is C29H37N3O4. The van der Waals surface area contributed by atoms with Gasteiger partial charge in [0.1, 0.15) is 5.75 Å². The first-order chi connectivity index (χ1) is 17.5. The number of benzene rings is 2. The molecule has 36 heavy (non-hydrogen) atoms. The van der Waals surface area contributed by atoms with Crippen LogP contribution in [0.3, 0.4) is 0 Å². The molecule has 0 bridgehead atoms. The smallest absolute Gasteiger partial charge is 0.227 e. The van der Waals surface area contributed by atoms with Crippen molar-refractivity contribution >= 4 is 0 Å². The molecule has 4 rings (SSSR count). The number of nitrogens with zero attached hydrogens (tertiary/aromatic N) is 3. The summed E-state index contributed by atoms with van der Waals surface area (Å²) >= 11 is 0. The summed E-state index contributed by atoms with van der Waals surface area (Å²) in [5.41, 5.74) is 3.97. The van der Waals surface area contributed by atoms with Crippen molar-refractivity contribution in [1.82, 2.24) is 14.7 Å². The van der Waals surface area contributed by atoms with E-state index in [1.807, 2.05) is 66.2 Å². The molecule has 0 spiro atoms. The zero-order valence-corrected chi connectivity index (χ0v) is 21.3. The average molecular weight is 492 g/mol. The minimum atomic E-state index is -0.628. The highest BCUT2D eigenvalue weighted by molar-refractivity contribution is 5.43. The quantitative estimate of drug-likeness (QED) is 0.273. The fourth-order valence-electron chi connectivity index (χ4n) is 4.43. The topological polar surface area (TPSA) is 69.0 Å². The van der Waals surface area contributed by atoms with Gasteiger partial charge in [-0.15, -0.1) is 6.58 Å². The first kappa shape index (κ1) is 26.1. The van der Waals surface area contributed by atoms with Gasteiger partial charge in [0.15, 0.2) is 0 Å². The van der Waals surface area contributed by atoms with Crippen LogP contribution < -0.4 is 4.74 Å². The minimum Gasteiger partial charge on any atom is -0.439 e. The average Bonchev–Trinajstić information content (AvgIpc) is 3.49. The number of ether oxygens (including phenoxy) is 3. The van der Waals surface area contributed by atoms with Crippen LogP contribution in [0.4, 0.5) is 0 Å². The molecule has 0 radical (unpaired) electrons. The Balaban J connectivity index is 1.63. The van der Waals surface area contributed by atoms with Crippen molar-refractivity contribution < 1.29 is 19.3 Å². The Morgan fingerprint density at radius 2 is 1.97 bits per heavy atom. The standard InChI is InChI=1S/C29H37N3O4/c1-4-16-34-21-25(33)18-31(19-27-11-8-17-35-27)20-28-23(3)30-32(24-9-6-5-7-10-24)29(28)36-26-14-12-22(2)13-15-26/h4-7,9-10,12-15,25,27,33H,1,8,11,16-21H2,2-3H3/t25-,27-/m0/s1. The summed E-state index contributed by atoms with van der Waals surface area (Å²) < 4.78 is 19.7. The molecule has 1 N–H and O–H groups in total. The predicted molar refractivity (Wildman–Crippen MR) is 141 cm³/mol. The maximum absolute atomic E-state index is 10.7. The lowest BCUT2D eigenvalue weighted by Gasteiger charge is -2.27. The van der Waals surface area contributed by atoms with Crippen LogP contribution in [0.25, 0.3) is 5.69 Å². The van der Waals surface area contributed by atoms with Gasteiger partial charge in [-0.3, -0.25) is 4.90 Å². The van der Waals surface area contributed by atoms with E-state index in [0.717, 1.165) is 48.7 Å². The molecule has 2 aromatic carbocycles. The number of aromatic nitrogens is 2. The normalized spacial score (nSPS) is 16.4. The van der Waals surface area contributed by atoms with Crippen molar-refractivity contribution in [3.8, 4) is 17.3 Å². The second kappa shape index (κ2) is 12.8. The fourth-order valence-corrected chi connectivity index (χ4v) is 4.43. The molecule has 1 aromatic heterocycles. The van der Waals surface area contributed by atoms with Gasteiger partial charge < -0.3 is 19.3 Å². The number of rotatable bonds is 13. The summed E-state index contributed by atoms with van der Waals surface area (Å²) in [6.07, 6.45) is 3.30.